The molecule has 2 rings (SSSR count). The molecule has 0 N–H and O–H groups in total. The van der Waals surface area contributed by atoms with Crippen molar-refractivity contribution in [1.29, 1.82) is 0 Å². The lowest BCUT2D eigenvalue weighted by atomic mass is 10.3. The number of carbonyl (C=O) groups excluding carboxylic acids is 1. The third-order valence-electron chi connectivity index (χ3n) is 2.02. The van der Waals surface area contributed by atoms with Crippen molar-refractivity contribution in [1.82, 2.24) is 9.61 Å². The maximum Gasteiger partial charge on any atom is 0.244 e. The minimum Gasteiger partial charge on any atom is -0.492 e. The Bertz CT molecular complexity index is 507. The van der Waals surface area contributed by atoms with E-state index in [1.54, 1.807) is 12.1 Å². The molecule has 0 aromatic carbocycles. The first-order chi connectivity index (χ1) is 7.26. The molecule has 0 saturated carbocycles. The fraction of sp³-hybridized carbons (Fsp3) is 0.200. The number of ether oxygens (including phenoxy) is 1. The van der Waals surface area contributed by atoms with Crippen LogP contribution >= 0.6 is 0 Å². The molecule has 2 aromatic heterocycles. The number of aromatic nitrogens is 2. The Morgan fingerprint density at radius 2 is 2.40 bits per heavy atom. The minimum absolute atomic E-state index is 0.0296. The lowest BCUT2D eigenvalue weighted by molar-refractivity contribution is 0.112. The number of rotatable bonds is 3. The molecule has 0 amide bonds. The van der Waals surface area contributed by atoms with Crippen LogP contribution in [0.15, 0.2) is 18.3 Å². The molecule has 4 nitrogen and oxygen atoms in total. The van der Waals surface area contributed by atoms with Gasteiger partial charge in [-0.15, -0.1) is 5.10 Å². The molecule has 0 bridgehead atoms. The summed E-state index contributed by atoms with van der Waals surface area (Å²) in [7, 11) is 0. The number of hydrogen-bond acceptors (Lipinski definition) is 3. The Morgan fingerprint density at radius 1 is 1.60 bits per heavy atom. The summed E-state index contributed by atoms with van der Waals surface area (Å²) >= 11 is 0. The van der Waals surface area contributed by atoms with Crippen LogP contribution in [0.4, 0.5) is 4.39 Å². The van der Waals surface area contributed by atoms with Gasteiger partial charge >= 0.3 is 0 Å². The van der Waals surface area contributed by atoms with E-state index in [-0.39, 0.29) is 5.56 Å². The summed E-state index contributed by atoms with van der Waals surface area (Å²) in [6, 6.07) is 3.28. The quantitative estimate of drug-likeness (QED) is 0.721. The summed E-state index contributed by atoms with van der Waals surface area (Å²) < 4.78 is 19.6. The molecule has 5 heteroatoms. The van der Waals surface area contributed by atoms with Gasteiger partial charge in [-0.2, -0.15) is 4.39 Å². The maximum atomic E-state index is 13.1. The number of pyridine rings is 1. The first kappa shape index (κ1) is 9.64. The van der Waals surface area contributed by atoms with Crippen molar-refractivity contribution in [3.63, 3.8) is 0 Å². The predicted molar refractivity (Wildman–Crippen MR) is 51.7 cm³/mol. The van der Waals surface area contributed by atoms with Crippen LogP contribution in [0.25, 0.3) is 5.52 Å². The Kier molecular flexibility index (Phi) is 2.37. The van der Waals surface area contributed by atoms with E-state index >= 15 is 0 Å². The number of fused-ring (bicyclic) bond motifs is 1. The zero-order valence-electron chi connectivity index (χ0n) is 8.11. The van der Waals surface area contributed by atoms with Crippen molar-refractivity contribution in [3.05, 3.63) is 29.8 Å². The highest BCUT2D eigenvalue weighted by Crippen LogP contribution is 2.17. The molecule has 2 heterocycles. The summed E-state index contributed by atoms with van der Waals surface area (Å²) in [6.45, 7) is 2.38. The Morgan fingerprint density at radius 3 is 3.07 bits per heavy atom. The van der Waals surface area contributed by atoms with Crippen molar-refractivity contribution in [2.24, 2.45) is 0 Å². The van der Waals surface area contributed by atoms with Gasteiger partial charge < -0.3 is 4.74 Å². The summed E-state index contributed by atoms with van der Waals surface area (Å²) in [5, 5.41) is 3.57. The lowest BCUT2D eigenvalue weighted by Gasteiger charge is -2.02. The Balaban J connectivity index is 2.59. The summed E-state index contributed by atoms with van der Waals surface area (Å²) in [4.78, 5) is 10.6. The highest BCUT2D eigenvalue weighted by molar-refractivity contribution is 5.86. The normalized spacial score (nSPS) is 10.5. The van der Waals surface area contributed by atoms with Crippen LogP contribution in [0.3, 0.4) is 0 Å². The topological polar surface area (TPSA) is 43.6 Å². The van der Waals surface area contributed by atoms with Crippen LogP contribution in [0.2, 0.25) is 0 Å². The van der Waals surface area contributed by atoms with E-state index in [0.29, 0.717) is 24.2 Å². The fourth-order valence-corrected chi connectivity index (χ4v) is 1.38. The van der Waals surface area contributed by atoms with Crippen LogP contribution in [-0.4, -0.2) is 22.5 Å². The van der Waals surface area contributed by atoms with Crippen molar-refractivity contribution in [2.45, 2.75) is 6.92 Å². The van der Waals surface area contributed by atoms with Crippen molar-refractivity contribution in [3.8, 4) is 5.75 Å². The molecule has 0 aliphatic rings. The molecule has 0 unspecified atom stereocenters. The molecule has 0 aliphatic carbocycles. The van der Waals surface area contributed by atoms with Gasteiger partial charge in [0.15, 0.2) is 6.29 Å². The highest BCUT2D eigenvalue weighted by Gasteiger charge is 2.11. The van der Waals surface area contributed by atoms with Crippen molar-refractivity contribution < 1.29 is 13.9 Å². The van der Waals surface area contributed by atoms with Gasteiger partial charge in [-0.25, -0.2) is 4.52 Å². The van der Waals surface area contributed by atoms with E-state index in [2.05, 4.69) is 5.10 Å². The number of halogens is 1. The van der Waals surface area contributed by atoms with E-state index in [1.807, 2.05) is 6.92 Å². The first-order valence-electron chi connectivity index (χ1n) is 4.52. The van der Waals surface area contributed by atoms with E-state index in [0.717, 1.165) is 0 Å². The summed E-state index contributed by atoms with van der Waals surface area (Å²) in [6.07, 6.45) is 1.99. The molecular formula is C10H9FN2O2. The molecule has 0 spiro atoms. The second-order valence-electron chi connectivity index (χ2n) is 2.95. The number of hydrogen-bond donors (Lipinski definition) is 0. The molecule has 0 fully saturated rings. The van der Waals surface area contributed by atoms with Gasteiger partial charge in [0, 0.05) is 0 Å². The van der Waals surface area contributed by atoms with Crippen LogP contribution in [0.5, 0.6) is 5.75 Å². The monoisotopic (exact) mass is 208 g/mol. The van der Waals surface area contributed by atoms with Crippen LogP contribution < -0.4 is 4.74 Å². The molecule has 0 saturated heterocycles. The van der Waals surface area contributed by atoms with Crippen molar-refractivity contribution >= 4 is 11.8 Å². The smallest absolute Gasteiger partial charge is 0.244 e. The molecule has 0 atom stereocenters. The van der Waals surface area contributed by atoms with E-state index in [1.165, 1.54) is 10.7 Å². The minimum atomic E-state index is -0.765. The summed E-state index contributed by atoms with van der Waals surface area (Å²) in [5.74, 6) is -0.177. The lowest BCUT2D eigenvalue weighted by Crippen LogP contribution is -1.94. The molecule has 78 valence electrons. The molecule has 15 heavy (non-hydrogen) atoms. The zero-order valence-corrected chi connectivity index (χ0v) is 8.11. The zero-order chi connectivity index (χ0) is 10.8. The molecule has 2 aromatic rings. The Hall–Kier alpha value is -1.91. The second-order valence-corrected chi connectivity index (χ2v) is 2.95. The standard InChI is InChI=1S/C10H9FN2O2/c1-2-15-7-3-4-9-8(6-14)10(11)12-13(9)5-7/h3-6H,2H2,1H3. The van der Waals surface area contributed by atoms with Crippen LogP contribution in [0.1, 0.15) is 17.3 Å². The van der Waals surface area contributed by atoms with E-state index < -0.39 is 5.95 Å². The van der Waals surface area contributed by atoms with Gasteiger partial charge in [-0.05, 0) is 19.1 Å². The molecule has 0 radical (unpaired) electrons. The fourth-order valence-electron chi connectivity index (χ4n) is 1.38. The number of carbonyl (C=O) groups is 1. The number of nitrogens with zero attached hydrogens (tertiary/aromatic N) is 2. The largest absolute Gasteiger partial charge is 0.492 e. The van der Waals surface area contributed by atoms with Gasteiger partial charge in [-0.3, -0.25) is 4.79 Å². The van der Waals surface area contributed by atoms with Crippen LogP contribution in [0, 0.1) is 5.95 Å². The predicted octanol–water partition coefficient (Wildman–Crippen LogP) is 1.68. The number of aldehydes is 1. The maximum absolute atomic E-state index is 13.1. The highest BCUT2D eigenvalue weighted by atomic mass is 19.1. The van der Waals surface area contributed by atoms with Gasteiger partial charge in [-0.1, -0.05) is 0 Å². The van der Waals surface area contributed by atoms with Gasteiger partial charge in [0.05, 0.1) is 23.9 Å². The molecule has 0 aliphatic heterocycles. The first-order valence-corrected chi connectivity index (χ1v) is 4.52. The average Bonchev–Trinajstić information content (AvgIpc) is 2.53. The van der Waals surface area contributed by atoms with Crippen LogP contribution in [-0.2, 0) is 0 Å². The van der Waals surface area contributed by atoms with Gasteiger partial charge in [0.2, 0.25) is 5.95 Å². The summed E-state index contributed by atoms with van der Waals surface area (Å²) in [5.41, 5.74) is 0.406. The molecular weight excluding hydrogens is 199 g/mol. The van der Waals surface area contributed by atoms with Gasteiger partial charge in [0.1, 0.15) is 5.75 Å². The van der Waals surface area contributed by atoms with E-state index in [9.17, 15) is 9.18 Å². The van der Waals surface area contributed by atoms with E-state index in [4.69, 9.17) is 4.74 Å². The third kappa shape index (κ3) is 1.56. The van der Waals surface area contributed by atoms with Crippen molar-refractivity contribution in [2.75, 3.05) is 6.61 Å². The average molecular weight is 208 g/mol. The second kappa shape index (κ2) is 3.68. The SMILES string of the molecule is CCOc1ccc2c(C=O)c(F)nn2c1. The third-order valence-corrected chi connectivity index (χ3v) is 2.02. The Labute approximate surface area is 85.3 Å². The van der Waals surface area contributed by atoms with Gasteiger partial charge in [0.25, 0.3) is 0 Å².